The predicted molar refractivity (Wildman–Crippen MR) is 93.4 cm³/mol. The molecule has 0 aliphatic carbocycles. The van der Waals surface area contributed by atoms with E-state index in [0.29, 0.717) is 32.6 Å². The third kappa shape index (κ3) is 4.17. The van der Waals surface area contributed by atoms with Crippen LogP contribution in [-0.4, -0.2) is 57.8 Å². The molecule has 0 radical (unpaired) electrons. The van der Waals surface area contributed by atoms with E-state index in [1.165, 1.54) is 11.8 Å². The Morgan fingerprint density at radius 3 is 2.40 bits per heavy atom. The van der Waals surface area contributed by atoms with Gasteiger partial charge in [0.15, 0.2) is 0 Å². The van der Waals surface area contributed by atoms with Gasteiger partial charge in [-0.1, -0.05) is 29.8 Å². The number of amides is 2. The summed E-state index contributed by atoms with van der Waals surface area (Å²) in [5.74, 6) is -0.139. The maximum absolute atomic E-state index is 12.5. The highest BCUT2D eigenvalue weighted by Gasteiger charge is 2.23. The summed E-state index contributed by atoms with van der Waals surface area (Å²) in [5.41, 5.74) is 2.03. The zero-order valence-corrected chi connectivity index (χ0v) is 14.2. The van der Waals surface area contributed by atoms with Gasteiger partial charge in [-0.15, -0.1) is 0 Å². The Labute approximate surface area is 145 Å². The molecular formula is C18H22N4O3. The van der Waals surface area contributed by atoms with Crippen molar-refractivity contribution in [3.05, 3.63) is 57.8 Å². The number of benzene rings is 1. The molecule has 2 heterocycles. The first kappa shape index (κ1) is 17.0. The summed E-state index contributed by atoms with van der Waals surface area (Å²) < 4.78 is 0. The monoisotopic (exact) mass is 342 g/mol. The number of aromatic nitrogens is 2. The summed E-state index contributed by atoms with van der Waals surface area (Å²) in [7, 11) is 0. The molecule has 1 aliphatic rings. The lowest BCUT2D eigenvalue weighted by atomic mass is 10.1. The van der Waals surface area contributed by atoms with E-state index < -0.39 is 5.69 Å². The van der Waals surface area contributed by atoms with Crippen molar-refractivity contribution in [1.29, 1.82) is 0 Å². The van der Waals surface area contributed by atoms with Crippen molar-refractivity contribution in [3.8, 4) is 0 Å². The van der Waals surface area contributed by atoms with E-state index in [4.69, 9.17) is 0 Å². The summed E-state index contributed by atoms with van der Waals surface area (Å²) in [6, 6.07) is 7.96. The second-order valence-electron chi connectivity index (χ2n) is 6.35. The van der Waals surface area contributed by atoms with Crippen LogP contribution in [0, 0.1) is 6.92 Å². The van der Waals surface area contributed by atoms with Gasteiger partial charge in [-0.05, 0) is 18.9 Å². The minimum atomic E-state index is -0.395. The van der Waals surface area contributed by atoms with Crippen LogP contribution in [-0.2, 0) is 11.2 Å². The summed E-state index contributed by atoms with van der Waals surface area (Å²) in [6.07, 6.45) is 2.48. The number of hydrogen-bond acceptors (Lipinski definition) is 3. The molecule has 7 nitrogen and oxygen atoms in total. The van der Waals surface area contributed by atoms with Gasteiger partial charge in [0.05, 0.1) is 6.42 Å². The van der Waals surface area contributed by atoms with Gasteiger partial charge < -0.3 is 19.8 Å². The maximum Gasteiger partial charge on any atom is 0.323 e. The summed E-state index contributed by atoms with van der Waals surface area (Å²) in [5, 5.41) is 0. The summed E-state index contributed by atoms with van der Waals surface area (Å²) in [4.78, 5) is 44.5. The summed E-state index contributed by atoms with van der Waals surface area (Å²) >= 11 is 0. The molecule has 0 bridgehead atoms. The first-order chi connectivity index (χ1) is 12.0. The highest BCUT2D eigenvalue weighted by molar-refractivity contribution is 5.92. The van der Waals surface area contributed by atoms with Gasteiger partial charge in [0, 0.05) is 32.4 Å². The number of nitrogens with zero attached hydrogens (tertiary/aromatic N) is 2. The Bertz CT molecular complexity index is 806. The number of rotatable bonds is 3. The van der Waals surface area contributed by atoms with Crippen LogP contribution in [0.25, 0.3) is 0 Å². The van der Waals surface area contributed by atoms with Crippen LogP contribution in [0.2, 0.25) is 0 Å². The largest absolute Gasteiger partial charge is 0.341 e. The van der Waals surface area contributed by atoms with E-state index in [-0.39, 0.29) is 17.5 Å². The molecule has 1 saturated heterocycles. The molecule has 2 amide bonds. The smallest absolute Gasteiger partial charge is 0.323 e. The second kappa shape index (κ2) is 7.38. The highest BCUT2D eigenvalue weighted by Crippen LogP contribution is 2.10. The number of aryl methyl sites for hydroxylation is 1. The fourth-order valence-corrected chi connectivity index (χ4v) is 2.98. The van der Waals surface area contributed by atoms with Gasteiger partial charge in [-0.3, -0.25) is 9.59 Å². The van der Waals surface area contributed by atoms with E-state index in [1.54, 1.807) is 4.90 Å². The Balaban J connectivity index is 1.59. The molecule has 2 aromatic rings. The minimum absolute atomic E-state index is 0.0770. The van der Waals surface area contributed by atoms with E-state index in [9.17, 15) is 14.4 Å². The zero-order valence-electron chi connectivity index (χ0n) is 14.2. The van der Waals surface area contributed by atoms with Crippen molar-refractivity contribution >= 4 is 11.8 Å². The van der Waals surface area contributed by atoms with Crippen molar-refractivity contribution < 1.29 is 9.59 Å². The van der Waals surface area contributed by atoms with Gasteiger partial charge in [0.25, 0.3) is 5.91 Å². The third-order valence-electron chi connectivity index (χ3n) is 4.44. The number of carbonyl (C=O) groups excluding carboxylic acids is 2. The topological polar surface area (TPSA) is 89.3 Å². The van der Waals surface area contributed by atoms with E-state index in [2.05, 4.69) is 9.97 Å². The number of carbonyl (C=O) groups is 2. The van der Waals surface area contributed by atoms with Gasteiger partial charge in [0.2, 0.25) is 5.91 Å². The van der Waals surface area contributed by atoms with Crippen LogP contribution in [0.4, 0.5) is 0 Å². The molecule has 2 N–H and O–H groups in total. The average molecular weight is 342 g/mol. The molecular weight excluding hydrogens is 320 g/mol. The van der Waals surface area contributed by atoms with Crippen LogP contribution in [0.1, 0.15) is 28.0 Å². The lowest BCUT2D eigenvalue weighted by Gasteiger charge is -2.22. The molecule has 0 spiro atoms. The molecule has 25 heavy (non-hydrogen) atoms. The molecule has 1 aromatic heterocycles. The fraction of sp³-hybridized carbons (Fsp3) is 0.389. The average Bonchev–Trinajstić information content (AvgIpc) is 2.89. The highest BCUT2D eigenvalue weighted by atomic mass is 16.2. The van der Waals surface area contributed by atoms with Gasteiger partial charge in [0.1, 0.15) is 5.69 Å². The Morgan fingerprint density at radius 1 is 1.04 bits per heavy atom. The van der Waals surface area contributed by atoms with Crippen molar-refractivity contribution in [1.82, 2.24) is 19.8 Å². The fourth-order valence-electron chi connectivity index (χ4n) is 2.98. The number of hydrogen-bond donors (Lipinski definition) is 2. The molecule has 0 unspecified atom stereocenters. The van der Waals surface area contributed by atoms with Crippen molar-refractivity contribution in [2.75, 3.05) is 26.2 Å². The molecule has 0 saturated carbocycles. The van der Waals surface area contributed by atoms with Crippen LogP contribution in [0.15, 0.2) is 35.3 Å². The Morgan fingerprint density at radius 2 is 1.72 bits per heavy atom. The van der Waals surface area contributed by atoms with Gasteiger partial charge in [-0.2, -0.15) is 0 Å². The van der Waals surface area contributed by atoms with Crippen molar-refractivity contribution in [2.24, 2.45) is 0 Å². The number of H-pyrrole nitrogens is 2. The van der Waals surface area contributed by atoms with Crippen LogP contribution < -0.4 is 5.69 Å². The third-order valence-corrected chi connectivity index (χ3v) is 4.44. The lowest BCUT2D eigenvalue weighted by molar-refractivity contribution is -0.130. The summed E-state index contributed by atoms with van der Waals surface area (Å²) in [6.45, 7) is 4.19. The molecule has 3 rings (SSSR count). The molecule has 7 heteroatoms. The molecule has 132 valence electrons. The standard InChI is InChI=1S/C18H22N4O3/c1-13-3-5-14(6-4-13)11-16(23)21-7-2-8-22(10-9-21)17(24)15-12-19-18(25)20-15/h3-6,12H,2,7-11H2,1H3,(H2,19,20,25). The van der Waals surface area contributed by atoms with Gasteiger partial charge in [-0.25, -0.2) is 4.79 Å². The number of aromatic amines is 2. The first-order valence-corrected chi connectivity index (χ1v) is 8.43. The van der Waals surface area contributed by atoms with Gasteiger partial charge >= 0.3 is 5.69 Å². The van der Waals surface area contributed by atoms with Crippen molar-refractivity contribution in [2.45, 2.75) is 19.8 Å². The quantitative estimate of drug-likeness (QED) is 0.869. The predicted octanol–water partition coefficient (Wildman–Crippen LogP) is 0.929. The molecule has 0 atom stereocenters. The van der Waals surface area contributed by atoms with E-state index >= 15 is 0 Å². The first-order valence-electron chi connectivity index (χ1n) is 8.43. The molecule has 1 aliphatic heterocycles. The normalized spacial score (nSPS) is 15.1. The van der Waals surface area contributed by atoms with E-state index in [0.717, 1.165) is 12.0 Å². The Kier molecular flexibility index (Phi) is 5.02. The van der Waals surface area contributed by atoms with E-state index in [1.807, 2.05) is 36.1 Å². The second-order valence-corrected chi connectivity index (χ2v) is 6.35. The SMILES string of the molecule is Cc1ccc(CC(=O)N2CCCN(C(=O)c3c[nH]c(=O)[nH]3)CC2)cc1. The molecule has 1 aromatic carbocycles. The van der Waals surface area contributed by atoms with Crippen LogP contribution in [0.3, 0.4) is 0 Å². The van der Waals surface area contributed by atoms with Crippen molar-refractivity contribution in [3.63, 3.8) is 0 Å². The molecule has 1 fully saturated rings. The lowest BCUT2D eigenvalue weighted by Crippen LogP contribution is -2.38. The Hall–Kier alpha value is -2.83. The van der Waals surface area contributed by atoms with Crippen LogP contribution in [0.5, 0.6) is 0 Å². The number of imidazole rings is 1. The number of nitrogens with one attached hydrogen (secondary N) is 2. The maximum atomic E-state index is 12.5. The van der Waals surface area contributed by atoms with Crippen LogP contribution >= 0.6 is 0 Å². The minimum Gasteiger partial charge on any atom is -0.341 e. The zero-order chi connectivity index (χ0) is 17.8.